The van der Waals surface area contributed by atoms with Crippen LogP contribution in [0.5, 0.6) is 0 Å². The molecule has 1 atom stereocenters. The van der Waals surface area contributed by atoms with Crippen LogP contribution < -0.4 is 0 Å². The number of aromatic nitrogens is 1. The molecule has 0 spiro atoms. The lowest BCUT2D eigenvalue weighted by Gasteiger charge is -2.20. The molecule has 3 aromatic rings. The molecule has 2 aromatic carbocycles. The molecule has 0 N–H and O–H groups in total. The van der Waals surface area contributed by atoms with Gasteiger partial charge in [0.15, 0.2) is 0 Å². The van der Waals surface area contributed by atoms with Gasteiger partial charge in [0.2, 0.25) is 0 Å². The summed E-state index contributed by atoms with van der Waals surface area (Å²) in [4.78, 5) is 0. The van der Waals surface area contributed by atoms with E-state index in [-0.39, 0.29) is 10.8 Å². The molecule has 0 aliphatic rings. The van der Waals surface area contributed by atoms with Crippen LogP contribution in [-0.2, 0) is 17.4 Å². The average Bonchev–Trinajstić information content (AvgIpc) is 2.96. The van der Waals surface area contributed by atoms with Crippen molar-refractivity contribution in [2.24, 2.45) is 5.92 Å². The molecule has 0 radical (unpaired) electrons. The van der Waals surface area contributed by atoms with E-state index < -0.39 is 0 Å². The molecule has 0 amide bonds. The van der Waals surface area contributed by atoms with Crippen LogP contribution in [-0.4, -0.2) is 4.57 Å². The number of nitrogens with zero attached hydrogens (tertiary/aromatic N) is 1. The van der Waals surface area contributed by atoms with Crippen LogP contribution in [0.4, 0.5) is 0 Å². The Kier molecular flexibility index (Phi) is 6.18. The van der Waals surface area contributed by atoms with Crippen molar-refractivity contribution in [3.8, 4) is 0 Å². The predicted molar refractivity (Wildman–Crippen MR) is 130 cm³/mol. The first-order valence-corrected chi connectivity index (χ1v) is 11.6. The SMILES string of the molecule is CCCCC(CC)Cn1c2ccc(C(C)(C)C)cc2c2cc(C(C)(C)C)ccc21. The molecular formula is C28H41N. The van der Waals surface area contributed by atoms with E-state index in [4.69, 9.17) is 0 Å². The summed E-state index contributed by atoms with van der Waals surface area (Å²) < 4.78 is 2.60. The van der Waals surface area contributed by atoms with Crippen LogP contribution in [0.1, 0.15) is 92.2 Å². The van der Waals surface area contributed by atoms with Gasteiger partial charge in [0.05, 0.1) is 0 Å². The maximum Gasteiger partial charge on any atom is 0.0491 e. The molecule has 0 aliphatic heterocycles. The van der Waals surface area contributed by atoms with Crippen molar-refractivity contribution in [3.63, 3.8) is 0 Å². The van der Waals surface area contributed by atoms with E-state index in [1.54, 1.807) is 0 Å². The van der Waals surface area contributed by atoms with Gasteiger partial charge in [-0.25, -0.2) is 0 Å². The number of hydrogen-bond acceptors (Lipinski definition) is 0. The van der Waals surface area contributed by atoms with Gasteiger partial charge in [-0.05, 0) is 58.6 Å². The molecule has 0 bridgehead atoms. The van der Waals surface area contributed by atoms with Gasteiger partial charge >= 0.3 is 0 Å². The third-order valence-electron chi connectivity index (χ3n) is 6.58. The molecule has 1 nitrogen and oxygen atoms in total. The highest BCUT2D eigenvalue weighted by atomic mass is 15.0. The van der Waals surface area contributed by atoms with E-state index in [2.05, 4.69) is 96.4 Å². The Morgan fingerprint density at radius 2 is 1.24 bits per heavy atom. The highest BCUT2D eigenvalue weighted by molar-refractivity contribution is 6.08. The van der Waals surface area contributed by atoms with Gasteiger partial charge in [-0.15, -0.1) is 0 Å². The minimum atomic E-state index is 0.164. The minimum absolute atomic E-state index is 0.164. The zero-order chi connectivity index (χ0) is 21.4. The second kappa shape index (κ2) is 8.17. The van der Waals surface area contributed by atoms with Crippen molar-refractivity contribution in [3.05, 3.63) is 47.5 Å². The van der Waals surface area contributed by atoms with Gasteiger partial charge in [-0.1, -0.05) is 86.8 Å². The Hall–Kier alpha value is -1.76. The summed E-state index contributed by atoms with van der Waals surface area (Å²) in [5, 5.41) is 2.84. The van der Waals surface area contributed by atoms with Gasteiger partial charge in [0, 0.05) is 28.4 Å². The third-order valence-corrected chi connectivity index (χ3v) is 6.58. The summed E-state index contributed by atoms with van der Waals surface area (Å²) in [5.41, 5.74) is 5.96. The second-order valence-electron chi connectivity index (χ2n) is 11.0. The average molecular weight is 392 g/mol. The molecule has 0 fully saturated rings. The second-order valence-corrected chi connectivity index (χ2v) is 11.0. The third kappa shape index (κ3) is 4.55. The number of benzene rings is 2. The van der Waals surface area contributed by atoms with Crippen LogP contribution in [0.3, 0.4) is 0 Å². The lowest BCUT2D eigenvalue weighted by Crippen LogP contribution is -2.12. The first kappa shape index (κ1) is 21.9. The van der Waals surface area contributed by atoms with Crippen molar-refractivity contribution in [2.45, 2.75) is 98.4 Å². The van der Waals surface area contributed by atoms with E-state index in [1.807, 2.05) is 0 Å². The molecule has 3 rings (SSSR count). The molecule has 0 saturated carbocycles. The van der Waals surface area contributed by atoms with E-state index in [9.17, 15) is 0 Å². The van der Waals surface area contributed by atoms with Crippen molar-refractivity contribution < 1.29 is 0 Å². The molecular weight excluding hydrogens is 350 g/mol. The lowest BCUT2D eigenvalue weighted by molar-refractivity contribution is 0.401. The summed E-state index contributed by atoms with van der Waals surface area (Å²) in [6.45, 7) is 19.6. The number of rotatable bonds is 6. The van der Waals surface area contributed by atoms with E-state index >= 15 is 0 Å². The van der Waals surface area contributed by atoms with E-state index in [0.717, 1.165) is 12.5 Å². The maximum absolute atomic E-state index is 2.60. The fourth-order valence-corrected chi connectivity index (χ4v) is 4.41. The standard InChI is InChI=1S/C28H41N/c1-9-11-12-20(10-2)19-29-25-15-13-21(27(3,4)5)17-23(25)24-18-22(28(6,7)8)14-16-26(24)29/h13-18,20H,9-12,19H2,1-8H3. The Bertz CT molecular complexity index is 904. The molecule has 1 heterocycles. The summed E-state index contributed by atoms with van der Waals surface area (Å²) in [7, 11) is 0. The smallest absolute Gasteiger partial charge is 0.0491 e. The highest BCUT2D eigenvalue weighted by Crippen LogP contribution is 2.36. The van der Waals surface area contributed by atoms with Gasteiger partial charge in [-0.3, -0.25) is 0 Å². The van der Waals surface area contributed by atoms with Crippen LogP contribution in [0.2, 0.25) is 0 Å². The van der Waals surface area contributed by atoms with Gasteiger partial charge < -0.3 is 4.57 Å². The Balaban J connectivity index is 2.23. The van der Waals surface area contributed by atoms with Crippen LogP contribution in [0.25, 0.3) is 21.8 Å². The largest absolute Gasteiger partial charge is 0.340 e. The predicted octanol–water partition coefficient (Wildman–Crippen LogP) is 8.61. The molecule has 29 heavy (non-hydrogen) atoms. The van der Waals surface area contributed by atoms with E-state index in [1.165, 1.54) is 58.6 Å². The first-order chi connectivity index (χ1) is 13.6. The molecule has 1 unspecified atom stereocenters. The van der Waals surface area contributed by atoms with E-state index in [0.29, 0.717) is 0 Å². The van der Waals surface area contributed by atoms with Crippen molar-refractivity contribution in [2.75, 3.05) is 0 Å². The fourth-order valence-electron chi connectivity index (χ4n) is 4.41. The monoisotopic (exact) mass is 391 g/mol. The molecule has 0 saturated heterocycles. The van der Waals surface area contributed by atoms with Crippen LogP contribution in [0, 0.1) is 5.92 Å². The minimum Gasteiger partial charge on any atom is -0.340 e. The summed E-state index contributed by atoms with van der Waals surface area (Å²) in [6.07, 6.45) is 5.20. The Morgan fingerprint density at radius 1 is 0.759 bits per heavy atom. The van der Waals surface area contributed by atoms with Gasteiger partial charge in [-0.2, -0.15) is 0 Å². The topological polar surface area (TPSA) is 4.93 Å². The van der Waals surface area contributed by atoms with Crippen LogP contribution >= 0.6 is 0 Å². The Morgan fingerprint density at radius 3 is 1.62 bits per heavy atom. The highest BCUT2D eigenvalue weighted by Gasteiger charge is 2.21. The summed E-state index contributed by atoms with van der Waals surface area (Å²) in [6, 6.07) is 14.3. The van der Waals surface area contributed by atoms with Crippen molar-refractivity contribution in [1.29, 1.82) is 0 Å². The van der Waals surface area contributed by atoms with Crippen molar-refractivity contribution >= 4 is 21.8 Å². The Labute approximate surface area is 178 Å². The first-order valence-electron chi connectivity index (χ1n) is 11.6. The molecule has 1 heteroatoms. The number of hydrogen-bond donors (Lipinski definition) is 0. The van der Waals surface area contributed by atoms with Crippen molar-refractivity contribution in [1.82, 2.24) is 4.57 Å². The number of fused-ring (bicyclic) bond motifs is 3. The molecule has 158 valence electrons. The normalized spacial score (nSPS) is 14.1. The van der Waals surface area contributed by atoms with Crippen LogP contribution in [0.15, 0.2) is 36.4 Å². The summed E-state index contributed by atoms with van der Waals surface area (Å²) in [5.74, 6) is 0.748. The summed E-state index contributed by atoms with van der Waals surface area (Å²) >= 11 is 0. The molecule has 1 aromatic heterocycles. The quantitative estimate of drug-likeness (QED) is 0.396. The molecule has 0 aliphatic carbocycles. The van der Waals surface area contributed by atoms with Gasteiger partial charge in [0.25, 0.3) is 0 Å². The maximum atomic E-state index is 2.60. The fraction of sp³-hybridized carbons (Fsp3) is 0.571. The zero-order valence-electron chi connectivity index (χ0n) is 20.0. The zero-order valence-corrected chi connectivity index (χ0v) is 20.0. The van der Waals surface area contributed by atoms with Gasteiger partial charge in [0.1, 0.15) is 0 Å². The lowest BCUT2D eigenvalue weighted by atomic mass is 9.85. The number of unbranched alkanes of at least 4 members (excludes halogenated alkanes) is 1.